The average molecular weight is 292 g/mol. The summed E-state index contributed by atoms with van der Waals surface area (Å²) in [5.74, 6) is 2.04. The maximum Gasteiger partial charge on any atom is 0.230 e. The third-order valence-electron chi connectivity index (χ3n) is 4.43. The van der Waals surface area contributed by atoms with E-state index in [1.807, 2.05) is 24.0 Å². The highest BCUT2D eigenvalue weighted by Crippen LogP contribution is 2.34. The highest BCUT2D eigenvalue weighted by atomic mass is 16.3. The maximum atomic E-state index is 13.2. The Balaban J connectivity index is 2.18. The molecular weight excluding hydrogens is 264 g/mol. The number of furan rings is 1. The lowest BCUT2D eigenvalue weighted by Crippen LogP contribution is -2.47. The summed E-state index contributed by atoms with van der Waals surface area (Å²) < 4.78 is 5.66. The predicted molar refractivity (Wildman–Crippen MR) is 84.0 cm³/mol. The summed E-state index contributed by atoms with van der Waals surface area (Å²) in [5, 5.41) is 3.37. The molecule has 1 saturated heterocycles. The molecule has 21 heavy (non-hydrogen) atoms. The first kappa shape index (κ1) is 16.1. The monoisotopic (exact) mass is 292 g/mol. The molecule has 0 aromatic carbocycles. The van der Waals surface area contributed by atoms with Crippen molar-refractivity contribution in [1.29, 1.82) is 0 Å². The van der Waals surface area contributed by atoms with Gasteiger partial charge in [0.1, 0.15) is 11.5 Å². The van der Waals surface area contributed by atoms with E-state index in [-0.39, 0.29) is 17.4 Å². The second-order valence-corrected chi connectivity index (χ2v) is 6.50. The smallest absolute Gasteiger partial charge is 0.230 e. The molecule has 4 nitrogen and oxygen atoms in total. The van der Waals surface area contributed by atoms with Crippen LogP contribution < -0.4 is 5.32 Å². The summed E-state index contributed by atoms with van der Waals surface area (Å²) in [4.78, 5) is 15.1. The molecule has 2 heterocycles. The first-order valence-electron chi connectivity index (χ1n) is 8.05. The van der Waals surface area contributed by atoms with E-state index >= 15 is 0 Å². The third kappa shape index (κ3) is 3.49. The van der Waals surface area contributed by atoms with Crippen LogP contribution in [0, 0.1) is 12.3 Å². The van der Waals surface area contributed by atoms with Gasteiger partial charge in [0.2, 0.25) is 5.91 Å². The molecule has 1 fully saturated rings. The largest absolute Gasteiger partial charge is 0.464 e. The van der Waals surface area contributed by atoms with Gasteiger partial charge in [-0.05, 0) is 52.3 Å². The van der Waals surface area contributed by atoms with E-state index in [1.165, 1.54) is 0 Å². The highest BCUT2D eigenvalue weighted by molar-refractivity contribution is 5.83. The third-order valence-corrected chi connectivity index (χ3v) is 4.43. The summed E-state index contributed by atoms with van der Waals surface area (Å²) in [5.41, 5.74) is -0.222. The minimum absolute atomic E-state index is 0.178. The number of rotatable bonds is 6. The van der Waals surface area contributed by atoms with Crippen LogP contribution in [0.2, 0.25) is 0 Å². The van der Waals surface area contributed by atoms with Gasteiger partial charge in [-0.25, -0.2) is 0 Å². The average Bonchev–Trinajstić information content (AvgIpc) is 3.05. The molecular formula is C17H28N2O2. The van der Waals surface area contributed by atoms with Gasteiger partial charge in [-0.3, -0.25) is 4.79 Å². The van der Waals surface area contributed by atoms with Crippen molar-refractivity contribution in [3.8, 4) is 0 Å². The van der Waals surface area contributed by atoms with Crippen LogP contribution in [-0.2, 0) is 11.3 Å². The van der Waals surface area contributed by atoms with Crippen LogP contribution in [0.25, 0.3) is 0 Å². The van der Waals surface area contributed by atoms with Crippen molar-refractivity contribution in [3.05, 3.63) is 23.7 Å². The van der Waals surface area contributed by atoms with Crippen molar-refractivity contribution in [1.82, 2.24) is 10.2 Å². The number of carbonyl (C=O) groups is 1. The molecule has 1 unspecified atom stereocenters. The molecule has 0 radical (unpaired) electrons. The number of nitrogens with zero attached hydrogens (tertiary/aromatic N) is 1. The van der Waals surface area contributed by atoms with E-state index in [0.29, 0.717) is 6.54 Å². The Kier molecular flexibility index (Phi) is 5.09. The summed E-state index contributed by atoms with van der Waals surface area (Å²) in [6.07, 6.45) is 2.94. The predicted octanol–water partition coefficient (Wildman–Crippen LogP) is 3.10. The number of amides is 1. The lowest BCUT2D eigenvalue weighted by molar-refractivity contribution is -0.144. The van der Waals surface area contributed by atoms with Crippen LogP contribution in [0.3, 0.4) is 0 Å². The molecule has 1 aromatic heterocycles. The molecule has 4 heteroatoms. The second kappa shape index (κ2) is 6.65. The van der Waals surface area contributed by atoms with Crippen LogP contribution in [0.4, 0.5) is 0 Å². The van der Waals surface area contributed by atoms with Crippen LogP contribution >= 0.6 is 0 Å². The van der Waals surface area contributed by atoms with Gasteiger partial charge in [-0.15, -0.1) is 0 Å². The van der Waals surface area contributed by atoms with Crippen LogP contribution in [0.5, 0.6) is 0 Å². The zero-order valence-electron chi connectivity index (χ0n) is 13.7. The van der Waals surface area contributed by atoms with Crippen LogP contribution in [-0.4, -0.2) is 29.9 Å². The lowest BCUT2D eigenvalue weighted by Gasteiger charge is -2.36. The summed E-state index contributed by atoms with van der Waals surface area (Å²) in [7, 11) is 0. The normalized spacial score (nSPS) is 22.0. The van der Waals surface area contributed by atoms with Crippen molar-refractivity contribution in [3.63, 3.8) is 0 Å². The Hall–Kier alpha value is -1.29. The fourth-order valence-electron chi connectivity index (χ4n) is 3.26. The van der Waals surface area contributed by atoms with Gasteiger partial charge >= 0.3 is 0 Å². The molecule has 1 N–H and O–H groups in total. The van der Waals surface area contributed by atoms with Gasteiger partial charge in [0.05, 0.1) is 12.0 Å². The van der Waals surface area contributed by atoms with Crippen LogP contribution in [0.15, 0.2) is 16.5 Å². The van der Waals surface area contributed by atoms with E-state index in [1.54, 1.807) is 0 Å². The Morgan fingerprint density at radius 1 is 1.48 bits per heavy atom. The number of aryl methyl sites for hydroxylation is 1. The number of hydrogen-bond donors (Lipinski definition) is 1. The van der Waals surface area contributed by atoms with Gasteiger partial charge in [0.25, 0.3) is 0 Å². The quantitative estimate of drug-likeness (QED) is 0.876. The summed E-state index contributed by atoms with van der Waals surface area (Å²) in [6, 6.07) is 4.10. The standard InChI is InChI=1S/C17H28N2O2/c1-5-8-17(9-10-18-12-17)16(20)19(13(2)3)11-15-7-6-14(4)21-15/h6-7,13,18H,5,8-12H2,1-4H3. The van der Waals surface area contributed by atoms with Gasteiger partial charge in [-0.1, -0.05) is 13.3 Å². The van der Waals surface area contributed by atoms with Gasteiger partial charge in [0.15, 0.2) is 0 Å². The minimum atomic E-state index is -0.222. The first-order chi connectivity index (χ1) is 9.98. The minimum Gasteiger partial charge on any atom is -0.464 e. The number of hydrogen-bond acceptors (Lipinski definition) is 3. The highest BCUT2D eigenvalue weighted by Gasteiger charge is 2.43. The van der Waals surface area contributed by atoms with Crippen molar-refractivity contribution in [2.45, 2.75) is 59.5 Å². The molecule has 1 aliphatic rings. The molecule has 118 valence electrons. The summed E-state index contributed by atoms with van der Waals surface area (Å²) in [6.45, 7) is 10.6. The SMILES string of the molecule is CCCC1(C(=O)N(Cc2ccc(C)o2)C(C)C)CCNC1. The molecule has 1 aromatic rings. The van der Waals surface area contributed by atoms with Crippen molar-refractivity contribution in [2.75, 3.05) is 13.1 Å². The zero-order chi connectivity index (χ0) is 15.5. The fraction of sp³-hybridized carbons (Fsp3) is 0.706. The number of nitrogens with one attached hydrogen (secondary N) is 1. The first-order valence-corrected chi connectivity index (χ1v) is 8.05. The molecule has 1 atom stereocenters. The molecule has 0 saturated carbocycles. The molecule has 1 amide bonds. The molecule has 0 spiro atoms. The Morgan fingerprint density at radius 3 is 2.71 bits per heavy atom. The second-order valence-electron chi connectivity index (χ2n) is 6.50. The van der Waals surface area contributed by atoms with E-state index in [4.69, 9.17) is 4.42 Å². The molecule has 0 aliphatic carbocycles. The van der Waals surface area contributed by atoms with Crippen molar-refractivity contribution in [2.24, 2.45) is 5.41 Å². The van der Waals surface area contributed by atoms with Crippen LogP contribution in [0.1, 0.15) is 51.6 Å². The number of carbonyl (C=O) groups excluding carboxylic acids is 1. The Bertz CT molecular complexity index is 473. The van der Waals surface area contributed by atoms with Crippen molar-refractivity contribution < 1.29 is 9.21 Å². The Morgan fingerprint density at radius 2 is 2.24 bits per heavy atom. The van der Waals surface area contributed by atoms with E-state index < -0.39 is 0 Å². The van der Waals surface area contributed by atoms with E-state index in [2.05, 4.69) is 26.1 Å². The van der Waals surface area contributed by atoms with E-state index in [0.717, 1.165) is 43.9 Å². The lowest BCUT2D eigenvalue weighted by atomic mass is 9.80. The van der Waals surface area contributed by atoms with Crippen molar-refractivity contribution >= 4 is 5.91 Å². The molecule has 0 bridgehead atoms. The summed E-state index contributed by atoms with van der Waals surface area (Å²) >= 11 is 0. The molecule has 2 rings (SSSR count). The van der Waals surface area contributed by atoms with Gasteiger partial charge in [-0.2, -0.15) is 0 Å². The van der Waals surface area contributed by atoms with Gasteiger partial charge in [0, 0.05) is 12.6 Å². The fourth-order valence-corrected chi connectivity index (χ4v) is 3.26. The van der Waals surface area contributed by atoms with E-state index in [9.17, 15) is 4.79 Å². The molecule has 1 aliphatic heterocycles. The zero-order valence-corrected chi connectivity index (χ0v) is 13.7. The topological polar surface area (TPSA) is 45.5 Å². The Labute approximate surface area is 127 Å². The maximum absolute atomic E-state index is 13.2. The van der Waals surface area contributed by atoms with Gasteiger partial charge < -0.3 is 14.6 Å².